The first-order valence-electron chi connectivity index (χ1n) is 8.49. The highest BCUT2D eigenvalue weighted by molar-refractivity contribution is 6.74. The minimum Gasteiger partial charge on any atom is -0.449 e. The van der Waals surface area contributed by atoms with Gasteiger partial charge in [0, 0.05) is 18.7 Å². The van der Waals surface area contributed by atoms with E-state index in [1.54, 1.807) is 4.90 Å². The average Bonchev–Trinajstić information content (AvgIpc) is 2.30. The van der Waals surface area contributed by atoms with Gasteiger partial charge in [0.1, 0.15) is 0 Å². The molecule has 0 rings (SSSR count). The number of nitrogens with zero attached hydrogens (tertiary/aromatic N) is 1. The molecule has 0 heterocycles. The fraction of sp³-hybridized carbons (Fsp3) is 0.941. The first kappa shape index (κ1) is 21.4. The van der Waals surface area contributed by atoms with Crippen molar-refractivity contribution in [3.8, 4) is 0 Å². The molecule has 0 aromatic rings. The van der Waals surface area contributed by atoms with Crippen molar-refractivity contribution in [2.75, 3.05) is 13.2 Å². The van der Waals surface area contributed by atoms with Crippen molar-refractivity contribution in [2.24, 2.45) is 0 Å². The number of rotatable bonds is 8. The number of carbonyl (C=O) groups is 1. The quantitative estimate of drug-likeness (QED) is 0.462. The van der Waals surface area contributed by atoms with Crippen molar-refractivity contribution < 1.29 is 14.0 Å². The van der Waals surface area contributed by atoms with E-state index in [9.17, 15) is 4.79 Å². The zero-order valence-corrected chi connectivity index (χ0v) is 17.2. The Labute approximate surface area is 138 Å². The molecule has 0 aliphatic heterocycles. The average molecular weight is 332 g/mol. The molecule has 0 radical (unpaired) electrons. The molecule has 0 unspecified atom stereocenters. The highest BCUT2D eigenvalue weighted by Crippen LogP contribution is 2.36. The van der Waals surface area contributed by atoms with Crippen LogP contribution in [0.2, 0.25) is 18.1 Å². The van der Waals surface area contributed by atoms with Crippen LogP contribution in [0.1, 0.15) is 61.3 Å². The third-order valence-corrected chi connectivity index (χ3v) is 8.89. The molecular formula is C17H37NO3Si. The number of amides is 1. The Morgan fingerprint density at radius 3 is 1.86 bits per heavy atom. The van der Waals surface area contributed by atoms with Crippen LogP contribution in [-0.4, -0.2) is 44.6 Å². The third-order valence-electron chi connectivity index (χ3n) is 4.36. The molecule has 4 nitrogen and oxygen atoms in total. The van der Waals surface area contributed by atoms with E-state index in [2.05, 4.69) is 33.9 Å². The summed E-state index contributed by atoms with van der Waals surface area (Å²) in [6.07, 6.45) is 1.57. The summed E-state index contributed by atoms with van der Waals surface area (Å²) in [5.74, 6) is 0. The van der Waals surface area contributed by atoms with Crippen molar-refractivity contribution >= 4 is 14.4 Å². The van der Waals surface area contributed by atoms with Gasteiger partial charge in [0.25, 0.3) is 0 Å². The van der Waals surface area contributed by atoms with Crippen LogP contribution >= 0.6 is 0 Å². The molecule has 22 heavy (non-hydrogen) atoms. The van der Waals surface area contributed by atoms with E-state index in [1.165, 1.54) is 0 Å². The largest absolute Gasteiger partial charge is 0.449 e. The van der Waals surface area contributed by atoms with Crippen LogP contribution in [0.5, 0.6) is 0 Å². The molecule has 0 spiro atoms. The Morgan fingerprint density at radius 1 is 1.00 bits per heavy atom. The Bertz CT molecular complexity index is 327. The molecule has 5 heteroatoms. The lowest BCUT2D eigenvalue weighted by molar-refractivity contribution is 0.0769. The van der Waals surface area contributed by atoms with E-state index in [0.29, 0.717) is 6.61 Å². The van der Waals surface area contributed by atoms with E-state index < -0.39 is 8.32 Å². The predicted octanol–water partition coefficient (Wildman–Crippen LogP) is 5.04. The minimum atomic E-state index is -1.65. The second-order valence-electron chi connectivity index (χ2n) is 8.03. The summed E-state index contributed by atoms with van der Waals surface area (Å²) in [4.78, 5) is 13.8. The number of hydrogen-bond acceptors (Lipinski definition) is 3. The SMILES string of the molecule is CC(C)N(C(=O)OCCCCO[Si](C)(C)C(C)(C)C)C(C)C. The summed E-state index contributed by atoms with van der Waals surface area (Å²) in [5.41, 5.74) is 0. The highest BCUT2D eigenvalue weighted by atomic mass is 28.4. The van der Waals surface area contributed by atoms with Gasteiger partial charge in [-0.25, -0.2) is 4.79 Å². The van der Waals surface area contributed by atoms with Crippen molar-refractivity contribution in [1.82, 2.24) is 4.90 Å². The van der Waals surface area contributed by atoms with Crippen LogP contribution in [-0.2, 0) is 9.16 Å². The van der Waals surface area contributed by atoms with Crippen LogP contribution in [0.4, 0.5) is 4.79 Å². The summed E-state index contributed by atoms with van der Waals surface area (Å²) in [7, 11) is -1.65. The van der Waals surface area contributed by atoms with Crippen LogP contribution in [0, 0.1) is 0 Å². The fourth-order valence-electron chi connectivity index (χ4n) is 2.00. The summed E-state index contributed by atoms with van der Waals surface area (Å²) in [5, 5.41) is 0.245. The molecule has 0 aliphatic rings. The first-order valence-corrected chi connectivity index (χ1v) is 11.4. The smallest absolute Gasteiger partial charge is 0.410 e. The monoisotopic (exact) mass is 331 g/mol. The van der Waals surface area contributed by atoms with Gasteiger partial charge < -0.3 is 14.1 Å². The molecule has 1 amide bonds. The van der Waals surface area contributed by atoms with Gasteiger partial charge in [0.15, 0.2) is 8.32 Å². The lowest BCUT2D eigenvalue weighted by Crippen LogP contribution is -2.42. The molecular weight excluding hydrogens is 294 g/mol. The molecule has 0 aromatic heterocycles. The third kappa shape index (κ3) is 7.14. The maximum absolute atomic E-state index is 12.0. The van der Waals surface area contributed by atoms with Crippen molar-refractivity contribution in [1.29, 1.82) is 0 Å². The molecule has 0 N–H and O–H groups in total. The molecule has 0 saturated heterocycles. The number of ether oxygens (including phenoxy) is 1. The molecule has 0 atom stereocenters. The summed E-state index contributed by atoms with van der Waals surface area (Å²) < 4.78 is 11.5. The standard InChI is InChI=1S/C17H37NO3Si/c1-14(2)18(15(3)4)16(19)20-12-10-11-13-21-22(8,9)17(5,6)7/h14-15H,10-13H2,1-9H3. The van der Waals surface area contributed by atoms with Crippen molar-refractivity contribution in [2.45, 2.75) is 91.5 Å². The molecule has 0 bridgehead atoms. The minimum absolute atomic E-state index is 0.161. The van der Waals surface area contributed by atoms with Crippen LogP contribution in [0.3, 0.4) is 0 Å². The van der Waals surface area contributed by atoms with Crippen LogP contribution in [0.25, 0.3) is 0 Å². The van der Waals surface area contributed by atoms with Gasteiger partial charge in [-0.1, -0.05) is 20.8 Å². The summed E-state index contributed by atoms with van der Waals surface area (Å²) in [6.45, 7) is 20.5. The van der Waals surface area contributed by atoms with E-state index in [-0.39, 0.29) is 23.2 Å². The van der Waals surface area contributed by atoms with E-state index in [1.807, 2.05) is 27.7 Å². The Hall–Kier alpha value is -0.553. The molecule has 0 aromatic carbocycles. The number of hydrogen-bond donors (Lipinski definition) is 0. The molecule has 0 saturated carbocycles. The second kappa shape index (κ2) is 8.92. The highest BCUT2D eigenvalue weighted by Gasteiger charge is 2.36. The zero-order chi connectivity index (χ0) is 17.6. The molecule has 0 fully saturated rings. The van der Waals surface area contributed by atoms with Crippen molar-refractivity contribution in [3.05, 3.63) is 0 Å². The second-order valence-corrected chi connectivity index (χ2v) is 12.8. The summed E-state index contributed by atoms with van der Waals surface area (Å²) >= 11 is 0. The lowest BCUT2D eigenvalue weighted by atomic mass is 10.2. The van der Waals surface area contributed by atoms with Crippen molar-refractivity contribution in [3.63, 3.8) is 0 Å². The van der Waals surface area contributed by atoms with Gasteiger partial charge in [-0.3, -0.25) is 0 Å². The number of unbranched alkanes of at least 4 members (excludes halogenated alkanes) is 1. The number of carbonyl (C=O) groups excluding carboxylic acids is 1. The lowest BCUT2D eigenvalue weighted by Gasteiger charge is -2.36. The van der Waals surface area contributed by atoms with Crippen LogP contribution < -0.4 is 0 Å². The van der Waals surface area contributed by atoms with E-state index in [4.69, 9.17) is 9.16 Å². The Balaban J connectivity index is 3.98. The zero-order valence-electron chi connectivity index (χ0n) is 16.2. The van der Waals surface area contributed by atoms with Gasteiger partial charge in [0.2, 0.25) is 0 Å². The first-order chi connectivity index (χ1) is 9.90. The van der Waals surface area contributed by atoms with Crippen LogP contribution in [0.15, 0.2) is 0 Å². The topological polar surface area (TPSA) is 38.8 Å². The summed E-state index contributed by atoms with van der Waals surface area (Å²) in [6, 6.07) is 0.323. The van der Waals surface area contributed by atoms with E-state index in [0.717, 1.165) is 19.4 Å². The molecule has 132 valence electrons. The normalized spacial score (nSPS) is 12.9. The van der Waals surface area contributed by atoms with Gasteiger partial charge >= 0.3 is 6.09 Å². The van der Waals surface area contributed by atoms with E-state index >= 15 is 0 Å². The maximum Gasteiger partial charge on any atom is 0.410 e. The van der Waals surface area contributed by atoms with Gasteiger partial charge in [-0.2, -0.15) is 0 Å². The molecule has 0 aliphatic carbocycles. The fourth-order valence-corrected chi connectivity index (χ4v) is 3.09. The Kier molecular flexibility index (Phi) is 8.69. The van der Waals surface area contributed by atoms with Gasteiger partial charge in [0.05, 0.1) is 6.61 Å². The Morgan fingerprint density at radius 2 is 1.45 bits per heavy atom. The predicted molar refractivity (Wildman–Crippen MR) is 95.8 cm³/mol. The van der Waals surface area contributed by atoms with Gasteiger partial charge in [-0.05, 0) is 58.7 Å². The van der Waals surface area contributed by atoms with Gasteiger partial charge in [-0.15, -0.1) is 0 Å². The maximum atomic E-state index is 12.0.